The average molecular weight is 397 g/mol. The summed E-state index contributed by atoms with van der Waals surface area (Å²) in [5.74, 6) is 6.76. The first-order valence-electron chi connectivity index (χ1n) is 11.6. The highest BCUT2D eigenvalue weighted by molar-refractivity contribution is 5.54. The van der Waals surface area contributed by atoms with E-state index < -0.39 is 0 Å². The van der Waals surface area contributed by atoms with Crippen LogP contribution in [0.3, 0.4) is 0 Å². The van der Waals surface area contributed by atoms with Gasteiger partial charge in [0.2, 0.25) is 5.95 Å². The van der Waals surface area contributed by atoms with E-state index >= 15 is 0 Å². The smallest absolute Gasteiger partial charge is 0.227 e. The molecule has 0 spiro atoms. The topological polar surface area (TPSA) is 50.7 Å². The Balaban J connectivity index is 1.24. The number of fused-ring (bicyclic) bond motifs is 2. The van der Waals surface area contributed by atoms with Gasteiger partial charge in [-0.1, -0.05) is 0 Å². The van der Waals surface area contributed by atoms with Crippen molar-refractivity contribution in [3.05, 3.63) is 11.8 Å². The first-order valence-corrected chi connectivity index (χ1v) is 11.6. The van der Waals surface area contributed by atoms with Crippen LogP contribution in [0.4, 0.5) is 11.8 Å². The quantitative estimate of drug-likeness (QED) is 0.780. The van der Waals surface area contributed by atoms with E-state index in [9.17, 15) is 0 Å². The summed E-state index contributed by atoms with van der Waals surface area (Å²) in [6.45, 7) is 4.41. The van der Waals surface area contributed by atoms with Gasteiger partial charge in [-0.15, -0.1) is 0 Å². The molecule has 6 fully saturated rings. The Morgan fingerprint density at radius 1 is 0.828 bits per heavy atom. The molecule has 7 rings (SSSR count). The lowest BCUT2D eigenvalue weighted by Gasteiger charge is -2.34. The minimum absolute atomic E-state index is 0.350. The third kappa shape index (κ3) is 2.10. The van der Waals surface area contributed by atoms with Gasteiger partial charge in [-0.3, -0.25) is 0 Å². The fourth-order valence-electron chi connectivity index (χ4n) is 8.77. The van der Waals surface area contributed by atoms with E-state index in [1.165, 1.54) is 31.2 Å². The summed E-state index contributed by atoms with van der Waals surface area (Å²) < 4.78 is 12.0. The fraction of sp³-hybridized carbons (Fsp3) is 0.826. The highest BCUT2D eigenvalue weighted by atomic mass is 16.5. The molecule has 2 saturated heterocycles. The van der Waals surface area contributed by atoms with Crippen LogP contribution in [-0.2, 0) is 9.47 Å². The van der Waals surface area contributed by atoms with Crippen LogP contribution in [0.1, 0.15) is 31.2 Å². The first kappa shape index (κ1) is 17.3. The van der Waals surface area contributed by atoms with Crippen molar-refractivity contribution in [1.82, 2.24) is 9.97 Å². The second-order valence-electron chi connectivity index (χ2n) is 10.7. The van der Waals surface area contributed by atoms with Gasteiger partial charge in [0.25, 0.3) is 0 Å². The lowest BCUT2D eigenvalue weighted by molar-refractivity contribution is 0.0443. The summed E-state index contributed by atoms with van der Waals surface area (Å²) in [5, 5.41) is 0. The molecule has 1 aromatic rings. The minimum atomic E-state index is 0.350. The molecule has 10 unspecified atom stereocenters. The van der Waals surface area contributed by atoms with Gasteiger partial charge < -0.3 is 19.3 Å². The molecule has 1 aromatic heterocycles. The van der Waals surface area contributed by atoms with Crippen LogP contribution in [-0.4, -0.2) is 61.6 Å². The highest BCUT2D eigenvalue weighted by Crippen LogP contribution is 2.58. The minimum Gasteiger partial charge on any atom is -0.379 e. The number of hydrogen-bond acceptors (Lipinski definition) is 6. The highest BCUT2D eigenvalue weighted by Gasteiger charge is 2.61. The average Bonchev–Trinajstić information content (AvgIpc) is 3.50. The molecule has 4 aliphatic carbocycles. The van der Waals surface area contributed by atoms with E-state index in [0.29, 0.717) is 24.3 Å². The van der Waals surface area contributed by atoms with Gasteiger partial charge >= 0.3 is 0 Å². The summed E-state index contributed by atoms with van der Waals surface area (Å²) in [5.41, 5.74) is 1.20. The maximum Gasteiger partial charge on any atom is 0.227 e. The molecule has 29 heavy (non-hydrogen) atoms. The monoisotopic (exact) mass is 396 g/mol. The van der Waals surface area contributed by atoms with E-state index in [-0.39, 0.29) is 0 Å². The van der Waals surface area contributed by atoms with Gasteiger partial charge in [0.15, 0.2) is 0 Å². The third-order valence-electron chi connectivity index (χ3n) is 9.64. The maximum absolute atomic E-state index is 5.99. The van der Waals surface area contributed by atoms with Crippen molar-refractivity contribution in [2.75, 3.05) is 37.1 Å². The van der Waals surface area contributed by atoms with E-state index in [1.54, 1.807) is 0 Å². The van der Waals surface area contributed by atoms with Crippen molar-refractivity contribution in [2.45, 2.75) is 56.9 Å². The summed E-state index contributed by atoms with van der Waals surface area (Å²) in [6, 6.07) is 0.971. The number of rotatable bonds is 4. The number of nitrogens with zero attached hydrogens (tertiary/aromatic N) is 4. The van der Waals surface area contributed by atoms with Crippen LogP contribution in [0.15, 0.2) is 6.20 Å². The number of hydrogen-bond donors (Lipinski definition) is 0. The predicted molar refractivity (Wildman–Crippen MR) is 110 cm³/mol. The van der Waals surface area contributed by atoms with E-state index in [2.05, 4.69) is 22.9 Å². The van der Waals surface area contributed by atoms with Crippen molar-refractivity contribution < 1.29 is 9.47 Å². The normalized spacial score (nSPS) is 48.5. The van der Waals surface area contributed by atoms with Crippen LogP contribution in [0.5, 0.6) is 0 Å². The number of anilines is 2. The first-order chi connectivity index (χ1) is 14.2. The number of ether oxygens (including phenoxy) is 2. The molecule has 4 bridgehead atoms. The lowest BCUT2D eigenvalue weighted by atomic mass is 9.88. The predicted octanol–water partition coefficient (Wildman–Crippen LogP) is 2.50. The molecular formula is C23H32N4O2. The molecule has 2 aliphatic heterocycles. The Bertz CT molecular complexity index is 844. The van der Waals surface area contributed by atoms with Gasteiger partial charge in [-0.05, 0) is 68.1 Å². The van der Waals surface area contributed by atoms with Crippen molar-refractivity contribution in [3.63, 3.8) is 0 Å². The van der Waals surface area contributed by atoms with Crippen LogP contribution in [0.2, 0.25) is 0 Å². The van der Waals surface area contributed by atoms with Gasteiger partial charge in [-0.25, -0.2) is 4.98 Å². The Labute approximate surface area is 173 Å². The summed E-state index contributed by atoms with van der Waals surface area (Å²) in [6.07, 6.45) is 8.11. The van der Waals surface area contributed by atoms with Gasteiger partial charge in [0.05, 0.1) is 24.3 Å². The zero-order chi connectivity index (χ0) is 19.4. The van der Waals surface area contributed by atoms with Crippen molar-refractivity contribution in [3.8, 4) is 0 Å². The van der Waals surface area contributed by atoms with Crippen molar-refractivity contribution in [1.29, 1.82) is 0 Å². The Morgan fingerprint density at radius 2 is 1.41 bits per heavy atom. The van der Waals surface area contributed by atoms with E-state index in [4.69, 9.17) is 19.4 Å². The lowest BCUT2D eigenvalue weighted by Crippen LogP contribution is -2.44. The Hall–Kier alpha value is -1.40. The summed E-state index contributed by atoms with van der Waals surface area (Å²) >= 11 is 0. The van der Waals surface area contributed by atoms with E-state index in [0.717, 1.165) is 60.4 Å². The Morgan fingerprint density at radius 3 is 2.03 bits per heavy atom. The second kappa shape index (κ2) is 5.85. The molecule has 0 aromatic carbocycles. The molecule has 0 amide bonds. The second-order valence-corrected chi connectivity index (χ2v) is 10.7. The maximum atomic E-state index is 5.99. The molecular weight excluding hydrogens is 364 g/mol. The molecule has 6 nitrogen and oxygen atoms in total. The van der Waals surface area contributed by atoms with Crippen LogP contribution in [0.25, 0.3) is 0 Å². The molecule has 6 aliphatic rings. The number of aryl methyl sites for hydroxylation is 1. The summed E-state index contributed by atoms with van der Waals surface area (Å²) in [7, 11) is 3.79. The zero-order valence-corrected chi connectivity index (χ0v) is 17.7. The third-order valence-corrected chi connectivity index (χ3v) is 9.64. The largest absolute Gasteiger partial charge is 0.379 e. The van der Waals surface area contributed by atoms with Crippen LogP contribution in [0, 0.1) is 42.4 Å². The zero-order valence-electron chi connectivity index (χ0n) is 17.7. The SMILES string of the molecule is COC1C2CC3CN(c4ncc(C)c(N5CC6CC7CC6C5C7OC)n4)C1C3C2. The van der Waals surface area contributed by atoms with Gasteiger partial charge in [0.1, 0.15) is 5.82 Å². The Kier molecular flexibility index (Phi) is 3.49. The van der Waals surface area contributed by atoms with Gasteiger partial charge in [0, 0.05) is 39.1 Å². The van der Waals surface area contributed by atoms with E-state index in [1.807, 2.05) is 14.2 Å². The van der Waals surface area contributed by atoms with Crippen molar-refractivity contribution in [2.24, 2.45) is 35.5 Å². The molecule has 156 valence electrons. The molecule has 4 saturated carbocycles. The van der Waals surface area contributed by atoms with Crippen molar-refractivity contribution >= 4 is 11.8 Å². The van der Waals surface area contributed by atoms with Crippen LogP contribution >= 0.6 is 0 Å². The molecule has 10 atom stereocenters. The fourth-order valence-corrected chi connectivity index (χ4v) is 8.77. The molecule has 6 heteroatoms. The summed E-state index contributed by atoms with van der Waals surface area (Å²) in [4.78, 5) is 15.1. The van der Waals surface area contributed by atoms with Crippen LogP contribution < -0.4 is 9.80 Å². The number of aromatic nitrogens is 2. The molecule has 0 N–H and O–H groups in total. The molecule has 0 radical (unpaired) electrons. The molecule has 3 heterocycles. The number of methoxy groups -OCH3 is 2. The van der Waals surface area contributed by atoms with Gasteiger partial charge in [-0.2, -0.15) is 4.98 Å². The standard InChI is InChI=1S/C23H32N4O2/c1-11-8-24-23(27-10-15-5-13-7-17(15)19(27)21(13)29-3)25-22(11)26-9-14-4-12-6-16(14)18(26)20(12)28-2/h8,12-21H,4-7,9-10H2,1-3H3.